The van der Waals surface area contributed by atoms with Crippen LogP contribution in [0, 0.1) is 0 Å². The summed E-state index contributed by atoms with van der Waals surface area (Å²) in [5.41, 5.74) is 0.901. The standard InChI is InChI=1S/C13H19NO5S/c1-19-9-8-14(11-13(15)16)20(17,18)10-7-12-5-3-2-4-6-12/h2-6H,7-11H2,1H3,(H,15,16). The molecule has 0 amide bonds. The highest BCUT2D eigenvalue weighted by Gasteiger charge is 2.23. The van der Waals surface area contributed by atoms with Crippen molar-refractivity contribution in [3.8, 4) is 0 Å². The summed E-state index contributed by atoms with van der Waals surface area (Å²) in [4.78, 5) is 10.7. The van der Waals surface area contributed by atoms with Crippen molar-refractivity contribution in [2.24, 2.45) is 0 Å². The second-order valence-electron chi connectivity index (χ2n) is 4.27. The van der Waals surface area contributed by atoms with Crippen LogP contribution in [0.5, 0.6) is 0 Å². The monoisotopic (exact) mass is 301 g/mol. The minimum atomic E-state index is -3.62. The topological polar surface area (TPSA) is 83.9 Å². The van der Waals surface area contributed by atoms with Crippen LogP contribution in [0.2, 0.25) is 0 Å². The summed E-state index contributed by atoms with van der Waals surface area (Å²) < 4.78 is 30.1. The van der Waals surface area contributed by atoms with Gasteiger partial charge in [0.2, 0.25) is 10.0 Å². The molecule has 0 atom stereocenters. The van der Waals surface area contributed by atoms with Gasteiger partial charge in [-0.1, -0.05) is 30.3 Å². The Balaban J connectivity index is 2.69. The molecule has 1 N–H and O–H groups in total. The molecule has 0 spiro atoms. The summed E-state index contributed by atoms with van der Waals surface area (Å²) in [6.45, 7) is -0.335. The van der Waals surface area contributed by atoms with Gasteiger partial charge in [0.1, 0.15) is 6.54 Å². The summed E-state index contributed by atoms with van der Waals surface area (Å²) >= 11 is 0. The molecule has 1 rings (SSSR count). The fraction of sp³-hybridized carbons (Fsp3) is 0.462. The number of rotatable bonds is 9. The van der Waals surface area contributed by atoms with Crippen molar-refractivity contribution >= 4 is 16.0 Å². The van der Waals surface area contributed by atoms with E-state index < -0.39 is 22.5 Å². The Kier molecular flexibility index (Phi) is 6.63. The van der Waals surface area contributed by atoms with Crippen LogP contribution >= 0.6 is 0 Å². The first kappa shape index (κ1) is 16.6. The number of sulfonamides is 1. The van der Waals surface area contributed by atoms with E-state index in [0.29, 0.717) is 6.42 Å². The zero-order valence-electron chi connectivity index (χ0n) is 11.4. The smallest absolute Gasteiger partial charge is 0.318 e. The number of methoxy groups -OCH3 is 1. The Bertz CT molecular complexity index is 515. The fourth-order valence-electron chi connectivity index (χ4n) is 1.68. The Morgan fingerprint density at radius 1 is 1.30 bits per heavy atom. The van der Waals surface area contributed by atoms with Crippen LogP contribution in [-0.2, 0) is 26.0 Å². The molecule has 0 radical (unpaired) electrons. The first-order chi connectivity index (χ1) is 9.45. The first-order valence-electron chi connectivity index (χ1n) is 6.18. The molecule has 20 heavy (non-hydrogen) atoms. The van der Waals surface area contributed by atoms with Gasteiger partial charge >= 0.3 is 5.97 Å². The van der Waals surface area contributed by atoms with Crippen molar-refractivity contribution in [3.05, 3.63) is 35.9 Å². The summed E-state index contributed by atoms with van der Waals surface area (Å²) in [6, 6.07) is 9.20. The quantitative estimate of drug-likeness (QED) is 0.722. The van der Waals surface area contributed by atoms with Crippen molar-refractivity contribution in [1.29, 1.82) is 0 Å². The minimum absolute atomic E-state index is 0.0416. The molecule has 1 aromatic carbocycles. The van der Waals surface area contributed by atoms with Gasteiger partial charge in [-0.3, -0.25) is 4.79 Å². The van der Waals surface area contributed by atoms with Gasteiger partial charge in [-0.15, -0.1) is 0 Å². The summed E-state index contributed by atoms with van der Waals surface area (Å²) in [5.74, 6) is -1.29. The third kappa shape index (κ3) is 5.68. The van der Waals surface area contributed by atoms with Crippen molar-refractivity contribution in [2.75, 3.05) is 32.6 Å². The predicted molar refractivity (Wildman–Crippen MR) is 75.0 cm³/mol. The van der Waals surface area contributed by atoms with Crippen molar-refractivity contribution in [2.45, 2.75) is 6.42 Å². The van der Waals surface area contributed by atoms with Gasteiger partial charge in [0.15, 0.2) is 0 Å². The third-order valence-electron chi connectivity index (χ3n) is 2.74. The van der Waals surface area contributed by atoms with Gasteiger partial charge in [0.05, 0.1) is 12.4 Å². The summed E-state index contributed by atoms with van der Waals surface area (Å²) in [5, 5.41) is 8.78. The van der Waals surface area contributed by atoms with Gasteiger partial charge in [-0.2, -0.15) is 4.31 Å². The molecule has 0 heterocycles. The first-order valence-corrected chi connectivity index (χ1v) is 7.79. The zero-order valence-corrected chi connectivity index (χ0v) is 12.2. The molecule has 0 aliphatic heterocycles. The van der Waals surface area contributed by atoms with E-state index in [2.05, 4.69) is 0 Å². The number of carboxylic acid groups (broad SMARTS) is 1. The molecular weight excluding hydrogens is 282 g/mol. The zero-order chi connectivity index (χ0) is 15.0. The van der Waals surface area contributed by atoms with E-state index in [1.54, 1.807) is 0 Å². The van der Waals surface area contributed by atoms with Crippen LogP contribution in [-0.4, -0.2) is 56.4 Å². The molecular formula is C13H19NO5S. The van der Waals surface area contributed by atoms with E-state index in [1.807, 2.05) is 30.3 Å². The molecule has 7 heteroatoms. The second kappa shape index (κ2) is 7.98. The Morgan fingerprint density at radius 2 is 1.95 bits per heavy atom. The molecule has 1 aromatic rings. The van der Waals surface area contributed by atoms with Gasteiger partial charge in [-0.05, 0) is 12.0 Å². The highest BCUT2D eigenvalue weighted by atomic mass is 32.2. The van der Waals surface area contributed by atoms with E-state index in [9.17, 15) is 13.2 Å². The van der Waals surface area contributed by atoms with Gasteiger partial charge in [0, 0.05) is 13.7 Å². The van der Waals surface area contributed by atoms with Crippen LogP contribution in [0.15, 0.2) is 30.3 Å². The summed E-state index contributed by atoms with van der Waals surface area (Å²) in [7, 11) is -2.18. The normalized spacial score (nSPS) is 11.7. The molecule has 112 valence electrons. The number of nitrogens with zero attached hydrogens (tertiary/aromatic N) is 1. The average molecular weight is 301 g/mol. The lowest BCUT2D eigenvalue weighted by Crippen LogP contribution is -2.39. The lowest BCUT2D eigenvalue weighted by Gasteiger charge is -2.19. The Hall–Kier alpha value is -1.44. The van der Waals surface area contributed by atoms with Crippen LogP contribution in [0.4, 0.5) is 0 Å². The maximum atomic E-state index is 12.2. The van der Waals surface area contributed by atoms with Gasteiger partial charge < -0.3 is 9.84 Å². The lowest BCUT2D eigenvalue weighted by atomic mass is 10.2. The van der Waals surface area contributed by atoms with E-state index in [4.69, 9.17) is 9.84 Å². The summed E-state index contributed by atoms with van der Waals surface area (Å²) in [6.07, 6.45) is 0.353. The maximum absolute atomic E-state index is 12.2. The van der Waals surface area contributed by atoms with Gasteiger partial charge in [-0.25, -0.2) is 8.42 Å². The molecule has 0 saturated carbocycles. The largest absolute Gasteiger partial charge is 0.480 e. The van der Waals surface area contributed by atoms with E-state index in [-0.39, 0.29) is 18.9 Å². The highest BCUT2D eigenvalue weighted by molar-refractivity contribution is 7.89. The van der Waals surface area contributed by atoms with Gasteiger partial charge in [0.25, 0.3) is 0 Å². The number of aryl methyl sites for hydroxylation is 1. The molecule has 0 aliphatic rings. The molecule has 0 saturated heterocycles. The maximum Gasteiger partial charge on any atom is 0.318 e. The number of carbonyl (C=O) groups is 1. The number of hydrogen-bond donors (Lipinski definition) is 1. The molecule has 0 bridgehead atoms. The number of benzene rings is 1. The average Bonchev–Trinajstić information content (AvgIpc) is 2.42. The Morgan fingerprint density at radius 3 is 2.50 bits per heavy atom. The molecule has 0 aromatic heterocycles. The van der Waals surface area contributed by atoms with Crippen LogP contribution < -0.4 is 0 Å². The third-order valence-corrected chi connectivity index (χ3v) is 4.56. The number of carboxylic acids is 1. The van der Waals surface area contributed by atoms with Crippen molar-refractivity contribution < 1.29 is 23.1 Å². The lowest BCUT2D eigenvalue weighted by molar-refractivity contribution is -0.137. The highest BCUT2D eigenvalue weighted by Crippen LogP contribution is 2.07. The van der Waals surface area contributed by atoms with E-state index in [0.717, 1.165) is 9.87 Å². The van der Waals surface area contributed by atoms with Crippen LogP contribution in [0.3, 0.4) is 0 Å². The fourth-order valence-corrected chi connectivity index (χ4v) is 3.09. The number of hydrogen-bond acceptors (Lipinski definition) is 4. The molecule has 6 nitrogen and oxygen atoms in total. The van der Waals surface area contributed by atoms with Crippen LogP contribution in [0.25, 0.3) is 0 Å². The van der Waals surface area contributed by atoms with Crippen molar-refractivity contribution in [3.63, 3.8) is 0 Å². The van der Waals surface area contributed by atoms with Crippen LogP contribution in [0.1, 0.15) is 5.56 Å². The van der Waals surface area contributed by atoms with Crippen molar-refractivity contribution in [1.82, 2.24) is 4.31 Å². The molecule has 0 unspecified atom stereocenters. The SMILES string of the molecule is COCCN(CC(=O)O)S(=O)(=O)CCc1ccccc1. The molecule has 0 aliphatic carbocycles. The second-order valence-corrected chi connectivity index (χ2v) is 6.36. The molecule has 0 fully saturated rings. The Labute approximate surface area is 119 Å². The predicted octanol–water partition coefficient (Wildman–Crippen LogP) is 0.592. The number of ether oxygens (including phenoxy) is 1. The van der Waals surface area contributed by atoms with E-state index >= 15 is 0 Å². The van der Waals surface area contributed by atoms with E-state index in [1.165, 1.54) is 7.11 Å². The minimum Gasteiger partial charge on any atom is -0.480 e. The number of aliphatic carboxylic acids is 1.